The van der Waals surface area contributed by atoms with E-state index in [-0.39, 0.29) is 18.1 Å². The third kappa shape index (κ3) is 5.45. The average Bonchev–Trinajstić information content (AvgIpc) is 2.65. The molecule has 0 radical (unpaired) electrons. The SMILES string of the molecule is Cc1cc(C)cc(OCC(=O)NCC2(N3CCN(C)CC3)CCCCC2)c1. The van der Waals surface area contributed by atoms with Crippen molar-refractivity contribution in [2.75, 3.05) is 46.4 Å². The summed E-state index contributed by atoms with van der Waals surface area (Å²) < 4.78 is 5.73. The maximum atomic E-state index is 12.4. The number of piperazine rings is 1. The van der Waals surface area contributed by atoms with Crippen LogP contribution in [0.15, 0.2) is 18.2 Å². The molecule has 1 saturated heterocycles. The molecule has 1 amide bonds. The minimum atomic E-state index is -0.0202. The van der Waals surface area contributed by atoms with Crippen LogP contribution in [0.25, 0.3) is 0 Å². The maximum Gasteiger partial charge on any atom is 0.258 e. The summed E-state index contributed by atoms with van der Waals surface area (Å²) in [6.45, 7) is 9.35. The molecule has 0 aromatic heterocycles. The standard InChI is InChI=1S/C22H35N3O2/c1-18-13-19(2)15-20(14-18)27-16-21(26)23-17-22(7-5-4-6-8-22)25-11-9-24(3)10-12-25/h13-15H,4-12,16-17H2,1-3H3,(H,23,26). The number of hydrogen-bond acceptors (Lipinski definition) is 4. The molecular formula is C22H35N3O2. The van der Waals surface area contributed by atoms with E-state index in [1.807, 2.05) is 26.0 Å². The van der Waals surface area contributed by atoms with Gasteiger partial charge in [0.1, 0.15) is 5.75 Å². The molecule has 0 atom stereocenters. The summed E-state index contributed by atoms with van der Waals surface area (Å²) in [6.07, 6.45) is 6.23. The van der Waals surface area contributed by atoms with E-state index in [4.69, 9.17) is 4.74 Å². The van der Waals surface area contributed by atoms with Gasteiger partial charge in [0.2, 0.25) is 0 Å². The van der Waals surface area contributed by atoms with Gasteiger partial charge in [0, 0.05) is 38.3 Å². The smallest absolute Gasteiger partial charge is 0.258 e. The van der Waals surface area contributed by atoms with Crippen LogP contribution in [0.4, 0.5) is 0 Å². The van der Waals surface area contributed by atoms with Crippen molar-refractivity contribution in [3.63, 3.8) is 0 Å². The fourth-order valence-corrected chi connectivity index (χ4v) is 4.57. The van der Waals surface area contributed by atoms with E-state index in [9.17, 15) is 4.79 Å². The van der Waals surface area contributed by atoms with E-state index in [2.05, 4.69) is 28.2 Å². The Morgan fingerprint density at radius 1 is 1.04 bits per heavy atom. The van der Waals surface area contributed by atoms with Crippen LogP contribution in [-0.4, -0.2) is 67.6 Å². The summed E-state index contributed by atoms with van der Waals surface area (Å²) in [5.74, 6) is 0.752. The minimum absolute atomic E-state index is 0.0202. The number of nitrogens with one attached hydrogen (secondary N) is 1. The predicted molar refractivity (Wildman–Crippen MR) is 109 cm³/mol. The largest absolute Gasteiger partial charge is 0.484 e. The van der Waals surface area contributed by atoms with Crippen LogP contribution in [0.2, 0.25) is 0 Å². The molecule has 0 spiro atoms. The summed E-state index contributed by atoms with van der Waals surface area (Å²) in [7, 11) is 2.19. The molecule has 1 N–H and O–H groups in total. The van der Waals surface area contributed by atoms with Gasteiger partial charge in [-0.25, -0.2) is 0 Å². The van der Waals surface area contributed by atoms with E-state index >= 15 is 0 Å². The highest BCUT2D eigenvalue weighted by Gasteiger charge is 2.39. The van der Waals surface area contributed by atoms with Gasteiger partial charge in [0.15, 0.2) is 6.61 Å². The normalized spacial score (nSPS) is 21.0. The number of carbonyl (C=O) groups is 1. The fourth-order valence-electron chi connectivity index (χ4n) is 4.57. The third-order valence-corrected chi connectivity index (χ3v) is 6.14. The summed E-state index contributed by atoms with van der Waals surface area (Å²) in [5.41, 5.74) is 2.44. The molecule has 5 heteroatoms. The zero-order chi connectivity index (χ0) is 19.3. The van der Waals surface area contributed by atoms with Crippen molar-refractivity contribution in [2.24, 2.45) is 0 Å². The second-order valence-corrected chi connectivity index (χ2v) is 8.46. The first kappa shape index (κ1) is 20.2. The highest BCUT2D eigenvalue weighted by Crippen LogP contribution is 2.34. The van der Waals surface area contributed by atoms with Gasteiger partial charge in [-0.3, -0.25) is 9.69 Å². The number of hydrogen-bond donors (Lipinski definition) is 1. The van der Waals surface area contributed by atoms with Crippen LogP contribution in [0.3, 0.4) is 0 Å². The number of likely N-dealkylation sites (N-methyl/N-ethyl adjacent to an activating group) is 1. The topological polar surface area (TPSA) is 44.8 Å². The average molecular weight is 374 g/mol. The Morgan fingerprint density at radius 2 is 1.67 bits per heavy atom. The van der Waals surface area contributed by atoms with Gasteiger partial charge < -0.3 is 15.0 Å². The van der Waals surface area contributed by atoms with E-state index in [1.54, 1.807) is 0 Å². The fraction of sp³-hybridized carbons (Fsp3) is 0.682. The third-order valence-electron chi connectivity index (χ3n) is 6.14. The molecule has 2 fully saturated rings. The molecule has 3 rings (SSSR count). The molecule has 2 aliphatic rings. The lowest BCUT2D eigenvalue weighted by molar-refractivity contribution is -0.124. The Morgan fingerprint density at radius 3 is 2.30 bits per heavy atom. The van der Waals surface area contributed by atoms with E-state index in [1.165, 1.54) is 32.1 Å². The highest BCUT2D eigenvalue weighted by molar-refractivity contribution is 5.77. The van der Waals surface area contributed by atoms with Gasteiger partial charge in [-0.05, 0) is 57.0 Å². The molecule has 27 heavy (non-hydrogen) atoms. The summed E-state index contributed by atoms with van der Waals surface area (Å²) in [6, 6.07) is 6.07. The van der Waals surface area contributed by atoms with Gasteiger partial charge in [-0.2, -0.15) is 0 Å². The summed E-state index contributed by atoms with van der Waals surface area (Å²) >= 11 is 0. The lowest BCUT2D eigenvalue weighted by atomic mass is 9.79. The molecule has 5 nitrogen and oxygen atoms in total. The quantitative estimate of drug-likeness (QED) is 0.833. The number of rotatable bonds is 6. The monoisotopic (exact) mass is 373 g/mol. The Balaban J connectivity index is 1.54. The zero-order valence-corrected chi connectivity index (χ0v) is 17.2. The lowest BCUT2D eigenvalue weighted by Gasteiger charge is -2.49. The summed E-state index contributed by atoms with van der Waals surface area (Å²) in [4.78, 5) is 17.5. The van der Waals surface area contributed by atoms with E-state index < -0.39 is 0 Å². The molecule has 150 valence electrons. The molecule has 1 aliphatic heterocycles. The molecule has 1 saturated carbocycles. The van der Waals surface area contributed by atoms with Crippen LogP contribution in [0.1, 0.15) is 43.2 Å². The van der Waals surface area contributed by atoms with Crippen molar-refractivity contribution in [3.8, 4) is 5.75 Å². The van der Waals surface area contributed by atoms with E-state index in [0.29, 0.717) is 0 Å². The number of nitrogens with zero attached hydrogens (tertiary/aromatic N) is 2. The number of amides is 1. The number of aryl methyl sites for hydroxylation is 2. The molecule has 1 aliphatic carbocycles. The lowest BCUT2D eigenvalue weighted by Crippen LogP contribution is -2.61. The Hall–Kier alpha value is -1.59. The minimum Gasteiger partial charge on any atom is -0.484 e. The first-order valence-electron chi connectivity index (χ1n) is 10.4. The van der Waals surface area contributed by atoms with Crippen LogP contribution in [0, 0.1) is 13.8 Å². The van der Waals surface area contributed by atoms with Crippen molar-refractivity contribution >= 4 is 5.91 Å². The Kier molecular flexibility index (Phi) is 6.77. The van der Waals surface area contributed by atoms with Crippen molar-refractivity contribution in [2.45, 2.75) is 51.5 Å². The van der Waals surface area contributed by atoms with Crippen LogP contribution in [0.5, 0.6) is 5.75 Å². The summed E-state index contributed by atoms with van der Waals surface area (Å²) in [5, 5.41) is 3.18. The van der Waals surface area contributed by atoms with Crippen LogP contribution >= 0.6 is 0 Å². The zero-order valence-electron chi connectivity index (χ0n) is 17.2. The molecular weight excluding hydrogens is 338 g/mol. The predicted octanol–water partition coefficient (Wildman–Crippen LogP) is 2.75. The molecule has 1 aromatic rings. The first-order valence-corrected chi connectivity index (χ1v) is 10.4. The maximum absolute atomic E-state index is 12.4. The van der Waals surface area contributed by atoms with Gasteiger partial charge in [0.25, 0.3) is 5.91 Å². The second kappa shape index (κ2) is 9.07. The number of carbonyl (C=O) groups excluding carboxylic acids is 1. The van der Waals surface area contributed by atoms with Crippen molar-refractivity contribution < 1.29 is 9.53 Å². The van der Waals surface area contributed by atoms with Crippen molar-refractivity contribution in [3.05, 3.63) is 29.3 Å². The molecule has 0 unspecified atom stereocenters. The van der Waals surface area contributed by atoms with Gasteiger partial charge in [-0.1, -0.05) is 25.3 Å². The second-order valence-electron chi connectivity index (χ2n) is 8.46. The molecule has 1 aromatic carbocycles. The van der Waals surface area contributed by atoms with Gasteiger partial charge in [0.05, 0.1) is 0 Å². The Bertz CT molecular complexity index is 612. The Labute approximate surface area is 164 Å². The van der Waals surface area contributed by atoms with Crippen molar-refractivity contribution in [1.29, 1.82) is 0 Å². The highest BCUT2D eigenvalue weighted by atomic mass is 16.5. The van der Waals surface area contributed by atoms with E-state index in [0.717, 1.165) is 49.6 Å². The van der Waals surface area contributed by atoms with Crippen LogP contribution in [-0.2, 0) is 4.79 Å². The van der Waals surface area contributed by atoms with Crippen molar-refractivity contribution in [1.82, 2.24) is 15.1 Å². The molecule has 0 bridgehead atoms. The van der Waals surface area contributed by atoms with Gasteiger partial charge >= 0.3 is 0 Å². The van der Waals surface area contributed by atoms with Gasteiger partial charge in [-0.15, -0.1) is 0 Å². The first-order chi connectivity index (χ1) is 13.0. The number of ether oxygens (including phenoxy) is 1. The molecule has 1 heterocycles. The van der Waals surface area contributed by atoms with Crippen LogP contribution < -0.4 is 10.1 Å². The number of benzene rings is 1.